The van der Waals surface area contributed by atoms with E-state index in [0.29, 0.717) is 12.5 Å². The number of fused-ring (bicyclic) bond motifs is 3. The van der Waals surface area contributed by atoms with Crippen molar-refractivity contribution < 1.29 is 14.2 Å². The maximum Gasteiger partial charge on any atom is 0.286 e. The van der Waals surface area contributed by atoms with E-state index in [1.807, 2.05) is 6.92 Å². The van der Waals surface area contributed by atoms with Crippen LogP contribution in [-0.2, 0) is 14.2 Å². The van der Waals surface area contributed by atoms with E-state index in [2.05, 4.69) is 0 Å². The van der Waals surface area contributed by atoms with Crippen LogP contribution in [0.5, 0.6) is 0 Å². The van der Waals surface area contributed by atoms with Crippen LogP contribution >= 0.6 is 0 Å². The largest absolute Gasteiger partial charge is 0.330 e. The number of rotatable bonds is 2. The van der Waals surface area contributed by atoms with Crippen LogP contribution in [-0.4, -0.2) is 32.3 Å². The molecule has 2 bridgehead atoms. The van der Waals surface area contributed by atoms with Crippen LogP contribution in [0.25, 0.3) is 0 Å². The molecule has 3 saturated heterocycles. The van der Waals surface area contributed by atoms with Crippen molar-refractivity contribution >= 4 is 0 Å². The molecule has 0 amide bonds. The maximum absolute atomic E-state index is 5.54. The summed E-state index contributed by atoms with van der Waals surface area (Å²) in [5, 5.41) is 0. The summed E-state index contributed by atoms with van der Waals surface area (Å²) in [6.07, 6.45) is 0. The van der Waals surface area contributed by atoms with E-state index < -0.39 is 5.97 Å². The van der Waals surface area contributed by atoms with Crippen molar-refractivity contribution in [2.75, 3.05) is 26.4 Å². The molecule has 0 saturated carbocycles. The van der Waals surface area contributed by atoms with Crippen LogP contribution in [0.2, 0.25) is 0 Å². The van der Waals surface area contributed by atoms with Gasteiger partial charge in [-0.05, 0) is 0 Å². The van der Waals surface area contributed by atoms with E-state index >= 15 is 0 Å². The van der Waals surface area contributed by atoms with Crippen molar-refractivity contribution in [2.24, 2.45) is 17.6 Å². The third-order valence-corrected chi connectivity index (χ3v) is 2.52. The Morgan fingerprint density at radius 3 is 2.25 bits per heavy atom. The SMILES string of the molecule is CC(CN)C12OCC(CO1)CO2. The molecule has 70 valence electrons. The third kappa shape index (κ3) is 1.15. The predicted octanol–water partition coefficient (Wildman–Crippen LogP) is -0.0718. The zero-order chi connectivity index (χ0) is 8.60. The minimum absolute atomic E-state index is 0.0961. The van der Waals surface area contributed by atoms with Crippen LogP contribution in [0.4, 0.5) is 0 Å². The van der Waals surface area contributed by atoms with E-state index in [9.17, 15) is 0 Å². The van der Waals surface area contributed by atoms with Gasteiger partial charge in [0.15, 0.2) is 0 Å². The molecule has 0 aromatic rings. The highest BCUT2D eigenvalue weighted by atomic mass is 16.9. The Balaban J connectivity index is 2.08. The molecule has 3 aliphatic rings. The molecule has 0 radical (unpaired) electrons. The Morgan fingerprint density at radius 2 is 1.83 bits per heavy atom. The number of hydrogen-bond acceptors (Lipinski definition) is 4. The Kier molecular flexibility index (Phi) is 2.08. The third-order valence-electron chi connectivity index (χ3n) is 2.52. The van der Waals surface area contributed by atoms with Gasteiger partial charge in [0.05, 0.1) is 25.7 Å². The molecule has 0 aliphatic carbocycles. The van der Waals surface area contributed by atoms with Gasteiger partial charge < -0.3 is 19.9 Å². The first kappa shape index (κ1) is 8.44. The molecule has 0 spiro atoms. The Morgan fingerprint density at radius 1 is 1.33 bits per heavy atom. The molecule has 1 atom stereocenters. The van der Waals surface area contributed by atoms with Crippen LogP contribution in [0.1, 0.15) is 6.92 Å². The first-order chi connectivity index (χ1) is 5.77. The molecule has 3 rings (SSSR count). The summed E-state index contributed by atoms with van der Waals surface area (Å²) in [5.74, 6) is -0.320. The molecule has 12 heavy (non-hydrogen) atoms. The standard InChI is InChI=1S/C8H15NO3/c1-6(2-9)8-10-3-7(4-11-8)5-12-8/h6-7H,2-5,9H2,1H3. The Bertz CT molecular complexity index is 152. The summed E-state index contributed by atoms with van der Waals surface area (Å²) in [6, 6.07) is 0. The van der Waals surface area contributed by atoms with Gasteiger partial charge in [0.25, 0.3) is 5.97 Å². The highest BCUT2D eigenvalue weighted by Crippen LogP contribution is 2.35. The van der Waals surface area contributed by atoms with Gasteiger partial charge in [0.2, 0.25) is 0 Å². The van der Waals surface area contributed by atoms with E-state index in [4.69, 9.17) is 19.9 Å². The summed E-state index contributed by atoms with van der Waals surface area (Å²) in [7, 11) is 0. The smallest absolute Gasteiger partial charge is 0.286 e. The molecule has 3 aliphatic heterocycles. The van der Waals surface area contributed by atoms with Crippen molar-refractivity contribution in [2.45, 2.75) is 12.9 Å². The van der Waals surface area contributed by atoms with Crippen molar-refractivity contribution in [1.29, 1.82) is 0 Å². The van der Waals surface area contributed by atoms with Gasteiger partial charge in [-0.2, -0.15) is 0 Å². The fourth-order valence-corrected chi connectivity index (χ4v) is 1.54. The fourth-order valence-electron chi connectivity index (χ4n) is 1.54. The molecule has 3 fully saturated rings. The Labute approximate surface area is 72.0 Å². The van der Waals surface area contributed by atoms with Crippen molar-refractivity contribution in [3.63, 3.8) is 0 Å². The van der Waals surface area contributed by atoms with Crippen LogP contribution in [0.15, 0.2) is 0 Å². The molecule has 0 aromatic heterocycles. The van der Waals surface area contributed by atoms with Crippen molar-refractivity contribution in [1.82, 2.24) is 0 Å². The zero-order valence-corrected chi connectivity index (χ0v) is 7.29. The van der Waals surface area contributed by atoms with E-state index in [0.717, 1.165) is 19.8 Å². The zero-order valence-electron chi connectivity index (χ0n) is 7.29. The van der Waals surface area contributed by atoms with Gasteiger partial charge in [-0.25, -0.2) is 0 Å². The summed E-state index contributed by atoms with van der Waals surface area (Å²) in [5.41, 5.74) is 5.54. The van der Waals surface area contributed by atoms with Crippen LogP contribution in [0.3, 0.4) is 0 Å². The summed E-state index contributed by atoms with van der Waals surface area (Å²) in [6.45, 7) is 4.72. The normalized spacial score (nSPS) is 43.0. The predicted molar refractivity (Wildman–Crippen MR) is 42.3 cm³/mol. The lowest BCUT2D eigenvalue weighted by Crippen LogP contribution is -2.58. The minimum Gasteiger partial charge on any atom is -0.330 e. The first-order valence-corrected chi connectivity index (χ1v) is 4.39. The van der Waals surface area contributed by atoms with Gasteiger partial charge >= 0.3 is 0 Å². The summed E-state index contributed by atoms with van der Waals surface area (Å²) < 4.78 is 16.5. The molecular formula is C8H15NO3. The topological polar surface area (TPSA) is 53.7 Å². The lowest BCUT2D eigenvalue weighted by Gasteiger charge is -2.47. The number of nitrogens with two attached hydrogens (primary N) is 1. The quantitative estimate of drug-likeness (QED) is 0.635. The second-order valence-corrected chi connectivity index (χ2v) is 3.54. The molecule has 1 unspecified atom stereocenters. The lowest BCUT2D eigenvalue weighted by molar-refractivity contribution is -0.464. The minimum atomic E-state index is -0.830. The van der Waals surface area contributed by atoms with Crippen molar-refractivity contribution in [3.8, 4) is 0 Å². The van der Waals surface area contributed by atoms with Crippen LogP contribution < -0.4 is 5.73 Å². The average Bonchev–Trinajstić information content (AvgIpc) is 2.19. The fraction of sp³-hybridized carbons (Fsp3) is 1.00. The van der Waals surface area contributed by atoms with E-state index in [1.165, 1.54) is 0 Å². The first-order valence-electron chi connectivity index (χ1n) is 4.39. The monoisotopic (exact) mass is 173 g/mol. The van der Waals surface area contributed by atoms with Gasteiger partial charge in [0.1, 0.15) is 0 Å². The van der Waals surface area contributed by atoms with Gasteiger partial charge in [-0.15, -0.1) is 0 Å². The number of hydrogen-bond donors (Lipinski definition) is 1. The molecule has 0 aromatic carbocycles. The number of ether oxygens (including phenoxy) is 3. The maximum atomic E-state index is 5.54. The summed E-state index contributed by atoms with van der Waals surface area (Å²) >= 11 is 0. The highest BCUT2D eigenvalue weighted by molar-refractivity contribution is 4.79. The molecule has 4 heteroatoms. The second-order valence-electron chi connectivity index (χ2n) is 3.54. The molecule has 3 heterocycles. The van der Waals surface area contributed by atoms with Gasteiger partial charge in [-0.1, -0.05) is 6.92 Å². The van der Waals surface area contributed by atoms with Crippen molar-refractivity contribution in [3.05, 3.63) is 0 Å². The van der Waals surface area contributed by atoms with E-state index in [1.54, 1.807) is 0 Å². The van der Waals surface area contributed by atoms with Crippen LogP contribution in [0, 0.1) is 11.8 Å². The second kappa shape index (κ2) is 2.96. The molecule has 4 nitrogen and oxygen atoms in total. The van der Waals surface area contributed by atoms with Gasteiger partial charge in [0, 0.05) is 12.5 Å². The Hall–Kier alpha value is -0.160. The molecule has 2 N–H and O–H groups in total. The van der Waals surface area contributed by atoms with Gasteiger partial charge in [-0.3, -0.25) is 0 Å². The highest BCUT2D eigenvalue weighted by Gasteiger charge is 2.48. The average molecular weight is 173 g/mol. The summed E-state index contributed by atoms with van der Waals surface area (Å²) in [4.78, 5) is 0. The van der Waals surface area contributed by atoms with E-state index in [-0.39, 0.29) is 5.92 Å². The molecular weight excluding hydrogens is 158 g/mol. The lowest BCUT2D eigenvalue weighted by atomic mass is 10.0.